The minimum absolute atomic E-state index is 0.181. The zero-order valence-corrected chi connectivity index (χ0v) is 11.0. The normalized spacial score (nSPS) is 10.8. The summed E-state index contributed by atoms with van der Waals surface area (Å²) in [6.45, 7) is 1.84. The second-order valence-corrected chi connectivity index (χ2v) is 4.31. The topological polar surface area (TPSA) is 77.0 Å². The summed E-state index contributed by atoms with van der Waals surface area (Å²) in [6.07, 6.45) is -0.750. The number of halogens is 2. The molecule has 90 valence electrons. The van der Waals surface area contributed by atoms with Gasteiger partial charge >= 0.3 is 11.8 Å². The first-order chi connectivity index (χ1) is 8.04. The maximum Gasteiger partial charge on any atom is 0.422 e. The van der Waals surface area contributed by atoms with Crippen LogP contribution in [0.5, 0.6) is 0 Å². The van der Waals surface area contributed by atoms with Crippen LogP contribution in [0.3, 0.4) is 0 Å². The van der Waals surface area contributed by atoms with E-state index in [9.17, 15) is 9.59 Å². The van der Waals surface area contributed by atoms with Crippen LogP contribution in [-0.4, -0.2) is 27.2 Å². The van der Waals surface area contributed by atoms with Gasteiger partial charge in [-0.1, -0.05) is 11.6 Å². The van der Waals surface area contributed by atoms with Gasteiger partial charge in [-0.2, -0.15) is 4.57 Å². The summed E-state index contributed by atoms with van der Waals surface area (Å²) >= 11 is 8.96. The molecule has 0 radical (unpaired) electrons. The number of hydrogen-bond donors (Lipinski definition) is 1. The number of imidazole rings is 1. The second-order valence-electron chi connectivity index (χ2n) is 3.09. The molecule has 1 N–H and O–H groups in total. The van der Waals surface area contributed by atoms with Crippen molar-refractivity contribution in [3.8, 4) is 0 Å². The third kappa shape index (κ3) is 2.07. The lowest BCUT2D eigenvalue weighted by atomic mass is 10.4. The van der Waals surface area contributed by atoms with Crippen molar-refractivity contribution in [1.29, 1.82) is 0 Å². The van der Waals surface area contributed by atoms with Gasteiger partial charge in [0, 0.05) is 0 Å². The Balaban J connectivity index is 2.71. The van der Waals surface area contributed by atoms with Gasteiger partial charge < -0.3 is 4.74 Å². The Morgan fingerprint density at radius 3 is 3.06 bits per heavy atom. The van der Waals surface area contributed by atoms with E-state index in [4.69, 9.17) is 16.3 Å². The van der Waals surface area contributed by atoms with Crippen molar-refractivity contribution >= 4 is 44.8 Å². The highest BCUT2D eigenvalue weighted by Gasteiger charge is 2.17. The molecule has 0 spiro atoms. The molecular formula is C9H7BrClN3O3. The summed E-state index contributed by atoms with van der Waals surface area (Å²) in [5.41, 5.74) is -0.0684. The Hall–Kier alpha value is -1.34. The predicted octanol–water partition coefficient (Wildman–Crippen LogP) is 2.15. The number of aromatic amines is 1. The maximum absolute atomic E-state index is 11.6. The van der Waals surface area contributed by atoms with Crippen molar-refractivity contribution in [1.82, 2.24) is 14.5 Å². The number of nitrogens with one attached hydrogen (secondary N) is 1. The number of hydrogen-bond acceptors (Lipinski definition) is 4. The molecule has 2 aromatic rings. The van der Waals surface area contributed by atoms with Gasteiger partial charge in [-0.25, -0.2) is 14.6 Å². The Bertz CT molecular complexity index is 649. The van der Waals surface area contributed by atoms with E-state index in [-0.39, 0.29) is 17.4 Å². The van der Waals surface area contributed by atoms with E-state index >= 15 is 0 Å². The van der Waals surface area contributed by atoms with Gasteiger partial charge in [0.15, 0.2) is 5.65 Å². The fraction of sp³-hybridized carbons (Fsp3) is 0.222. The van der Waals surface area contributed by atoms with Crippen LogP contribution in [0.2, 0.25) is 5.15 Å². The minimum atomic E-state index is -0.750. The Morgan fingerprint density at radius 2 is 2.41 bits per heavy atom. The van der Waals surface area contributed by atoms with E-state index < -0.39 is 11.8 Å². The van der Waals surface area contributed by atoms with Crippen LogP contribution in [0.25, 0.3) is 11.2 Å². The molecular weight excluding hydrogens is 313 g/mol. The van der Waals surface area contributed by atoms with Crippen LogP contribution in [-0.2, 0) is 4.74 Å². The second kappa shape index (κ2) is 4.50. The van der Waals surface area contributed by atoms with E-state index in [0.29, 0.717) is 9.99 Å². The lowest BCUT2D eigenvalue weighted by Gasteiger charge is -2.02. The summed E-state index contributed by atoms with van der Waals surface area (Å²) in [7, 11) is 0. The first-order valence-electron chi connectivity index (χ1n) is 4.68. The van der Waals surface area contributed by atoms with E-state index in [2.05, 4.69) is 25.9 Å². The van der Waals surface area contributed by atoms with E-state index in [1.165, 1.54) is 6.07 Å². The number of rotatable bonds is 1. The van der Waals surface area contributed by atoms with Crippen molar-refractivity contribution < 1.29 is 9.53 Å². The number of pyridine rings is 1. The SMILES string of the molecule is CCOC(=O)n1c(=O)[nH]c2nc(Cl)c(Br)cc21. The highest BCUT2D eigenvalue weighted by molar-refractivity contribution is 9.10. The lowest BCUT2D eigenvalue weighted by Crippen LogP contribution is -2.25. The Morgan fingerprint density at radius 1 is 1.71 bits per heavy atom. The van der Waals surface area contributed by atoms with Gasteiger partial charge in [0.1, 0.15) is 10.7 Å². The molecule has 0 fully saturated rings. The third-order valence-electron chi connectivity index (χ3n) is 2.03. The van der Waals surface area contributed by atoms with E-state index in [1.807, 2.05) is 0 Å². The van der Waals surface area contributed by atoms with Crippen LogP contribution in [0.4, 0.5) is 4.79 Å². The molecule has 0 bridgehead atoms. The Labute approximate surface area is 109 Å². The molecule has 0 aliphatic heterocycles. The minimum Gasteiger partial charge on any atom is -0.449 e. The molecule has 2 rings (SSSR count). The van der Waals surface area contributed by atoms with Gasteiger partial charge in [-0.05, 0) is 28.9 Å². The van der Waals surface area contributed by atoms with Crippen molar-refractivity contribution in [3.05, 3.63) is 26.2 Å². The van der Waals surface area contributed by atoms with E-state index in [0.717, 1.165) is 4.57 Å². The average Bonchev–Trinajstić information content (AvgIpc) is 2.55. The molecule has 0 aliphatic carbocycles. The number of nitrogens with zero attached hydrogens (tertiary/aromatic N) is 2. The van der Waals surface area contributed by atoms with Crippen molar-refractivity contribution in [2.24, 2.45) is 0 Å². The van der Waals surface area contributed by atoms with Crippen LogP contribution in [0.15, 0.2) is 15.3 Å². The van der Waals surface area contributed by atoms with Gasteiger partial charge in [0.25, 0.3) is 0 Å². The van der Waals surface area contributed by atoms with Crippen LogP contribution < -0.4 is 5.69 Å². The highest BCUT2D eigenvalue weighted by Crippen LogP contribution is 2.23. The first-order valence-corrected chi connectivity index (χ1v) is 5.85. The number of ether oxygens (including phenoxy) is 1. The summed E-state index contributed by atoms with van der Waals surface area (Å²) in [4.78, 5) is 29.5. The van der Waals surface area contributed by atoms with Gasteiger partial charge in [0.05, 0.1) is 11.1 Å². The van der Waals surface area contributed by atoms with E-state index in [1.54, 1.807) is 6.92 Å². The molecule has 2 heterocycles. The fourth-order valence-electron chi connectivity index (χ4n) is 1.36. The molecule has 17 heavy (non-hydrogen) atoms. The molecule has 6 nitrogen and oxygen atoms in total. The van der Waals surface area contributed by atoms with Crippen LogP contribution in [0, 0.1) is 0 Å². The zero-order chi connectivity index (χ0) is 12.6. The fourth-order valence-corrected chi connectivity index (χ4v) is 1.80. The average molecular weight is 321 g/mol. The molecule has 0 atom stereocenters. The summed E-state index contributed by atoms with van der Waals surface area (Å²) in [5.74, 6) is 0. The molecule has 0 saturated heterocycles. The standard InChI is InChI=1S/C9H7BrClN3O3/c1-2-17-9(16)14-5-3-4(10)6(11)12-7(5)13-8(14)15/h3H,2H2,1H3,(H,12,13,15). The zero-order valence-electron chi connectivity index (χ0n) is 8.66. The first kappa shape index (κ1) is 12.1. The summed E-state index contributed by atoms with van der Waals surface area (Å²) < 4.78 is 6.13. The number of H-pyrrole nitrogens is 1. The molecule has 2 aromatic heterocycles. The molecule has 0 aliphatic rings. The molecule has 0 amide bonds. The summed E-state index contributed by atoms with van der Waals surface area (Å²) in [6, 6.07) is 1.53. The van der Waals surface area contributed by atoms with Gasteiger partial charge in [-0.3, -0.25) is 4.98 Å². The largest absolute Gasteiger partial charge is 0.449 e. The van der Waals surface area contributed by atoms with Crippen LogP contribution >= 0.6 is 27.5 Å². The van der Waals surface area contributed by atoms with Crippen molar-refractivity contribution in [2.75, 3.05) is 6.61 Å². The molecule has 0 unspecified atom stereocenters. The number of carbonyl (C=O) groups excluding carboxylic acids is 1. The van der Waals surface area contributed by atoms with Crippen molar-refractivity contribution in [3.63, 3.8) is 0 Å². The third-order valence-corrected chi connectivity index (χ3v) is 3.15. The molecule has 0 aromatic carbocycles. The number of aromatic nitrogens is 3. The predicted molar refractivity (Wildman–Crippen MR) is 65.5 cm³/mol. The highest BCUT2D eigenvalue weighted by atomic mass is 79.9. The lowest BCUT2D eigenvalue weighted by molar-refractivity contribution is 0.154. The summed E-state index contributed by atoms with van der Waals surface area (Å²) in [5, 5.41) is 0.203. The maximum atomic E-state index is 11.6. The van der Waals surface area contributed by atoms with Crippen molar-refractivity contribution in [2.45, 2.75) is 6.92 Å². The number of carbonyl (C=O) groups is 1. The van der Waals surface area contributed by atoms with Gasteiger partial charge in [-0.15, -0.1) is 0 Å². The van der Waals surface area contributed by atoms with Crippen LogP contribution in [0.1, 0.15) is 6.92 Å². The van der Waals surface area contributed by atoms with Gasteiger partial charge in [0.2, 0.25) is 0 Å². The monoisotopic (exact) mass is 319 g/mol. The smallest absolute Gasteiger partial charge is 0.422 e. The molecule has 8 heteroatoms. The Kier molecular flexibility index (Phi) is 3.21. The molecule has 0 saturated carbocycles. The quantitative estimate of drug-likeness (QED) is 0.817. The number of fused-ring (bicyclic) bond motifs is 1.